The average molecular weight is 451 g/mol. The maximum Gasteiger partial charge on any atom is 0.335 e. The zero-order valence-corrected chi connectivity index (χ0v) is 18.3. The number of benzene rings is 2. The minimum atomic E-state index is -0.823. The van der Waals surface area contributed by atoms with Crippen molar-refractivity contribution in [1.82, 2.24) is 9.55 Å². The predicted molar refractivity (Wildman–Crippen MR) is 124 cm³/mol. The third kappa shape index (κ3) is 3.65. The number of aromatic hydroxyl groups is 1. The van der Waals surface area contributed by atoms with E-state index in [4.69, 9.17) is 11.6 Å². The SMILES string of the molecule is CC1=NN(c2ccc(C)cc2C)C(=O)/C1=C\c1c(O)n(-c2ccc(Cl)cc2)c(=O)[nH]c1=O. The number of rotatable bonds is 3. The molecule has 0 saturated carbocycles. The number of aryl methyl sites for hydroxylation is 2. The molecular formula is C23H19ClN4O4. The highest BCUT2D eigenvalue weighted by molar-refractivity contribution is 6.32. The van der Waals surface area contributed by atoms with Crippen molar-refractivity contribution in [3.63, 3.8) is 0 Å². The Kier molecular flexibility index (Phi) is 5.31. The average Bonchev–Trinajstić information content (AvgIpc) is 3.00. The van der Waals surface area contributed by atoms with Crippen molar-refractivity contribution in [2.24, 2.45) is 5.10 Å². The quantitative estimate of drug-likeness (QED) is 0.597. The molecule has 2 aromatic carbocycles. The van der Waals surface area contributed by atoms with E-state index in [1.165, 1.54) is 23.2 Å². The van der Waals surface area contributed by atoms with Crippen LogP contribution in [0.5, 0.6) is 5.88 Å². The Hall–Kier alpha value is -3.91. The molecule has 2 N–H and O–H groups in total. The molecule has 1 amide bonds. The molecule has 8 nitrogen and oxygen atoms in total. The van der Waals surface area contributed by atoms with E-state index in [0.717, 1.165) is 15.7 Å². The maximum absolute atomic E-state index is 13.1. The van der Waals surface area contributed by atoms with Crippen LogP contribution in [0.2, 0.25) is 5.02 Å². The van der Waals surface area contributed by atoms with E-state index in [0.29, 0.717) is 22.1 Å². The van der Waals surface area contributed by atoms with E-state index >= 15 is 0 Å². The van der Waals surface area contributed by atoms with Gasteiger partial charge in [-0.15, -0.1) is 0 Å². The van der Waals surface area contributed by atoms with Crippen molar-refractivity contribution >= 4 is 35.0 Å². The van der Waals surface area contributed by atoms with Gasteiger partial charge in [0.05, 0.1) is 22.7 Å². The van der Waals surface area contributed by atoms with Gasteiger partial charge >= 0.3 is 5.69 Å². The van der Waals surface area contributed by atoms with Gasteiger partial charge in [-0.2, -0.15) is 10.1 Å². The molecule has 0 atom stereocenters. The molecule has 9 heteroatoms. The fourth-order valence-corrected chi connectivity index (χ4v) is 3.66. The van der Waals surface area contributed by atoms with Gasteiger partial charge < -0.3 is 5.11 Å². The molecular weight excluding hydrogens is 432 g/mol. The molecule has 0 fully saturated rings. The Bertz CT molecular complexity index is 1430. The summed E-state index contributed by atoms with van der Waals surface area (Å²) >= 11 is 5.89. The molecule has 3 aromatic rings. The molecule has 4 rings (SSSR count). The monoisotopic (exact) mass is 450 g/mol. The summed E-state index contributed by atoms with van der Waals surface area (Å²) in [4.78, 5) is 40.1. The Morgan fingerprint density at radius 1 is 1.03 bits per heavy atom. The molecule has 1 aliphatic heterocycles. The van der Waals surface area contributed by atoms with Gasteiger partial charge in [-0.3, -0.25) is 14.6 Å². The summed E-state index contributed by atoms with van der Waals surface area (Å²) in [5.74, 6) is -1.04. The Morgan fingerprint density at radius 3 is 2.38 bits per heavy atom. The first kappa shape index (κ1) is 21.3. The Balaban J connectivity index is 1.82. The number of aromatic amines is 1. The van der Waals surface area contributed by atoms with E-state index in [1.807, 2.05) is 26.0 Å². The summed E-state index contributed by atoms with van der Waals surface area (Å²) in [5.41, 5.74) is 1.46. The zero-order chi connectivity index (χ0) is 23.2. The number of hydrazone groups is 1. The van der Waals surface area contributed by atoms with E-state index in [1.54, 1.807) is 25.1 Å². The third-order valence-corrected chi connectivity index (χ3v) is 5.39. The van der Waals surface area contributed by atoms with Gasteiger partial charge in [0.1, 0.15) is 5.56 Å². The molecule has 0 aliphatic carbocycles. The van der Waals surface area contributed by atoms with Crippen LogP contribution >= 0.6 is 11.6 Å². The standard InChI is InChI=1S/C23H19ClN4O4/c1-12-4-9-19(13(2)10-12)28-22(31)17(14(3)26-28)11-18-20(29)25-23(32)27(21(18)30)16-7-5-15(24)6-8-16/h4-11,30H,1-3H3,(H,25,29,32)/b17-11-. The lowest BCUT2D eigenvalue weighted by molar-refractivity contribution is -0.114. The maximum atomic E-state index is 13.1. The van der Waals surface area contributed by atoms with Crippen LogP contribution in [0.1, 0.15) is 23.6 Å². The van der Waals surface area contributed by atoms with Crippen molar-refractivity contribution in [2.45, 2.75) is 20.8 Å². The van der Waals surface area contributed by atoms with Gasteiger partial charge in [-0.25, -0.2) is 9.36 Å². The van der Waals surface area contributed by atoms with E-state index in [9.17, 15) is 19.5 Å². The number of nitrogens with zero attached hydrogens (tertiary/aromatic N) is 3. The minimum absolute atomic E-state index is 0.132. The molecule has 0 bridgehead atoms. The number of carbonyl (C=O) groups is 1. The van der Waals surface area contributed by atoms with Crippen molar-refractivity contribution in [3.8, 4) is 11.6 Å². The summed E-state index contributed by atoms with van der Waals surface area (Å²) in [7, 11) is 0. The Morgan fingerprint density at radius 2 is 1.72 bits per heavy atom. The molecule has 1 aromatic heterocycles. The van der Waals surface area contributed by atoms with Crippen molar-refractivity contribution in [3.05, 3.63) is 90.6 Å². The summed E-state index contributed by atoms with van der Waals surface area (Å²) in [6.45, 7) is 5.46. The molecule has 0 spiro atoms. The normalized spacial score (nSPS) is 14.9. The fourth-order valence-electron chi connectivity index (χ4n) is 3.53. The lowest BCUT2D eigenvalue weighted by Gasteiger charge is -2.15. The molecule has 0 radical (unpaired) electrons. The second kappa shape index (κ2) is 7.97. The highest BCUT2D eigenvalue weighted by atomic mass is 35.5. The van der Waals surface area contributed by atoms with Gasteiger partial charge in [0, 0.05) is 5.02 Å². The van der Waals surface area contributed by atoms with Crippen molar-refractivity contribution in [1.29, 1.82) is 0 Å². The topological polar surface area (TPSA) is 108 Å². The van der Waals surface area contributed by atoms with Crippen LogP contribution in [-0.2, 0) is 4.79 Å². The van der Waals surface area contributed by atoms with Gasteiger partial charge in [0.2, 0.25) is 5.88 Å². The van der Waals surface area contributed by atoms with Gasteiger partial charge in [-0.05, 0) is 62.7 Å². The van der Waals surface area contributed by atoms with E-state index in [-0.39, 0.29) is 11.1 Å². The van der Waals surface area contributed by atoms with E-state index in [2.05, 4.69) is 10.1 Å². The highest BCUT2D eigenvalue weighted by Gasteiger charge is 2.30. The number of nitrogens with one attached hydrogen (secondary N) is 1. The van der Waals surface area contributed by atoms with Crippen molar-refractivity contribution in [2.75, 3.05) is 5.01 Å². The smallest absolute Gasteiger partial charge is 0.335 e. The van der Waals surface area contributed by atoms with Gasteiger partial charge in [0.25, 0.3) is 11.5 Å². The molecule has 0 saturated heterocycles. The zero-order valence-electron chi connectivity index (χ0n) is 17.5. The number of halogens is 1. The van der Waals surface area contributed by atoms with E-state index < -0.39 is 23.0 Å². The highest BCUT2D eigenvalue weighted by Crippen LogP contribution is 2.29. The first-order valence-electron chi connectivity index (χ1n) is 9.70. The number of carbonyl (C=O) groups excluding carboxylic acids is 1. The van der Waals surface area contributed by atoms with Crippen LogP contribution in [0.4, 0.5) is 5.69 Å². The van der Waals surface area contributed by atoms with Crippen molar-refractivity contribution < 1.29 is 9.90 Å². The number of aromatic nitrogens is 2. The largest absolute Gasteiger partial charge is 0.494 e. The van der Waals surface area contributed by atoms with Crippen LogP contribution in [-0.4, -0.2) is 26.3 Å². The number of hydrogen-bond acceptors (Lipinski definition) is 5. The summed E-state index contributed by atoms with van der Waals surface area (Å²) in [5, 5.41) is 16.8. The predicted octanol–water partition coefficient (Wildman–Crippen LogP) is 3.31. The van der Waals surface area contributed by atoms with Crippen LogP contribution < -0.4 is 16.3 Å². The second-order valence-electron chi connectivity index (χ2n) is 7.46. The number of hydrogen-bond donors (Lipinski definition) is 2. The first-order valence-corrected chi connectivity index (χ1v) is 10.1. The molecule has 162 valence electrons. The van der Waals surface area contributed by atoms with Gasteiger partial charge in [0.15, 0.2) is 0 Å². The minimum Gasteiger partial charge on any atom is -0.494 e. The number of amides is 1. The fraction of sp³-hybridized carbons (Fsp3) is 0.130. The molecule has 0 unspecified atom stereocenters. The summed E-state index contributed by atoms with van der Waals surface area (Å²) in [6, 6.07) is 11.7. The number of H-pyrrole nitrogens is 1. The molecule has 32 heavy (non-hydrogen) atoms. The second-order valence-corrected chi connectivity index (χ2v) is 7.90. The van der Waals surface area contributed by atoms with Crippen LogP contribution in [0.15, 0.2) is 62.7 Å². The number of anilines is 1. The lowest BCUT2D eigenvalue weighted by Crippen LogP contribution is -2.30. The molecule has 2 heterocycles. The Labute approximate surface area is 187 Å². The lowest BCUT2D eigenvalue weighted by atomic mass is 10.1. The third-order valence-electron chi connectivity index (χ3n) is 5.14. The molecule has 1 aliphatic rings. The van der Waals surface area contributed by atoms with Crippen LogP contribution in [0, 0.1) is 13.8 Å². The first-order chi connectivity index (χ1) is 15.2. The van der Waals surface area contributed by atoms with Crippen LogP contribution in [0.25, 0.3) is 11.8 Å². The summed E-state index contributed by atoms with van der Waals surface area (Å²) < 4.78 is 0.928. The van der Waals surface area contributed by atoms with Gasteiger partial charge in [-0.1, -0.05) is 29.3 Å². The summed E-state index contributed by atoms with van der Waals surface area (Å²) in [6.07, 6.45) is 1.24. The van der Waals surface area contributed by atoms with Crippen LogP contribution in [0.3, 0.4) is 0 Å².